The molecule has 1 aromatic heterocycles. The fourth-order valence-corrected chi connectivity index (χ4v) is 1.89. The molecule has 0 bridgehead atoms. The lowest BCUT2D eigenvalue weighted by Gasteiger charge is -2.14. The average Bonchev–Trinajstić information content (AvgIpc) is 2.59. The number of rotatable bonds is 7. The summed E-state index contributed by atoms with van der Waals surface area (Å²) in [4.78, 5) is 7.26. The van der Waals surface area contributed by atoms with Crippen molar-refractivity contribution in [3.05, 3.63) is 11.1 Å². The summed E-state index contributed by atoms with van der Waals surface area (Å²) < 4.78 is 5.17. The van der Waals surface area contributed by atoms with E-state index in [9.17, 15) is 0 Å². The predicted molar refractivity (Wildman–Crippen MR) is 68.0 cm³/mol. The van der Waals surface area contributed by atoms with Gasteiger partial charge in [-0.05, 0) is 7.05 Å². The highest BCUT2D eigenvalue weighted by Crippen LogP contribution is 2.15. The molecule has 0 amide bonds. The Bertz CT molecular complexity index is 285. The number of aliphatic hydroxyl groups excluding tert-OH is 1. The summed E-state index contributed by atoms with van der Waals surface area (Å²) >= 11 is 1.50. The molecular formula is C9H18ClN3O2S. The Morgan fingerprint density at radius 1 is 1.56 bits per heavy atom. The average molecular weight is 268 g/mol. The van der Waals surface area contributed by atoms with Gasteiger partial charge in [-0.1, -0.05) is 0 Å². The van der Waals surface area contributed by atoms with Crippen LogP contribution in [0.3, 0.4) is 0 Å². The maximum Gasteiger partial charge on any atom is 0.180 e. The van der Waals surface area contributed by atoms with Crippen LogP contribution in [-0.2, 0) is 11.3 Å². The summed E-state index contributed by atoms with van der Waals surface area (Å²) in [6.45, 7) is 2.77. The van der Waals surface area contributed by atoms with Gasteiger partial charge < -0.3 is 15.6 Å². The fraction of sp³-hybridized carbons (Fsp3) is 0.667. The second-order valence-corrected chi connectivity index (χ2v) is 4.39. The van der Waals surface area contributed by atoms with Crippen molar-refractivity contribution in [1.82, 2.24) is 9.88 Å². The number of thiazole rings is 1. The number of ether oxygens (including phenoxy) is 1. The lowest BCUT2D eigenvalue weighted by molar-refractivity contribution is 0.0774. The zero-order valence-corrected chi connectivity index (χ0v) is 10.9. The number of likely N-dealkylation sites (N-methyl/N-ethyl adjacent to an activating group) is 1. The normalized spacial score (nSPS) is 10.4. The Morgan fingerprint density at radius 2 is 2.31 bits per heavy atom. The van der Waals surface area contributed by atoms with E-state index in [1.54, 1.807) is 6.20 Å². The molecule has 0 aliphatic carbocycles. The maximum atomic E-state index is 8.51. The van der Waals surface area contributed by atoms with Crippen LogP contribution in [0.25, 0.3) is 0 Å². The smallest absolute Gasteiger partial charge is 0.180 e. The third kappa shape index (κ3) is 6.24. The minimum Gasteiger partial charge on any atom is -0.394 e. The van der Waals surface area contributed by atoms with Crippen LogP contribution in [0.5, 0.6) is 0 Å². The number of nitrogens with zero attached hydrogens (tertiary/aromatic N) is 2. The zero-order valence-electron chi connectivity index (χ0n) is 9.26. The van der Waals surface area contributed by atoms with Gasteiger partial charge in [0, 0.05) is 24.2 Å². The molecule has 0 aliphatic rings. The molecule has 0 aliphatic heterocycles. The standard InChI is InChI=1S/C9H17N3O2S.ClH/c1-12(2-4-14-5-3-13)7-8-6-11-9(10)15-8;/h6,13H,2-5,7H2,1H3,(H2,10,11);1H. The Morgan fingerprint density at radius 3 is 2.88 bits per heavy atom. The van der Waals surface area contributed by atoms with E-state index in [2.05, 4.69) is 9.88 Å². The Balaban J connectivity index is 0.00000225. The van der Waals surface area contributed by atoms with Gasteiger partial charge in [0.05, 0.1) is 19.8 Å². The summed E-state index contributed by atoms with van der Waals surface area (Å²) in [5, 5.41) is 9.12. The van der Waals surface area contributed by atoms with E-state index >= 15 is 0 Å². The van der Waals surface area contributed by atoms with Gasteiger partial charge in [0.15, 0.2) is 5.13 Å². The van der Waals surface area contributed by atoms with Crippen molar-refractivity contribution in [3.63, 3.8) is 0 Å². The molecule has 0 unspecified atom stereocenters. The summed E-state index contributed by atoms with van der Waals surface area (Å²) in [5.41, 5.74) is 5.53. The Labute approximate surface area is 106 Å². The molecule has 1 aromatic rings. The lowest BCUT2D eigenvalue weighted by Crippen LogP contribution is -2.22. The molecule has 0 spiro atoms. The van der Waals surface area contributed by atoms with Gasteiger partial charge >= 0.3 is 0 Å². The minimum absolute atomic E-state index is 0. The number of aliphatic hydroxyl groups is 1. The number of halogens is 1. The molecule has 94 valence electrons. The molecule has 0 atom stereocenters. The van der Waals surface area contributed by atoms with Crippen molar-refractivity contribution in [1.29, 1.82) is 0 Å². The fourth-order valence-electron chi connectivity index (χ4n) is 1.13. The molecule has 7 heteroatoms. The minimum atomic E-state index is 0. The van der Waals surface area contributed by atoms with E-state index in [-0.39, 0.29) is 19.0 Å². The van der Waals surface area contributed by atoms with Crippen LogP contribution in [0, 0.1) is 0 Å². The Hall–Kier alpha value is -0.400. The third-order valence-electron chi connectivity index (χ3n) is 1.85. The van der Waals surface area contributed by atoms with Crippen molar-refractivity contribution >= 4 is 28.9 Å². The van der Waals surface area contributed by atoms with Crippen molar-refractivity contribution in [2.75, 3.05) is 39.1 Å². The van der Waals surface area contributed by atoms with Crippen LogP contribution in [-0.4, -0.2) is 48.4 Å². The van der Waals surface area contributed by atoms with Gasteiger partial charge in [-0.2, -0.15) is 0 Å². The molecule has 1 rings (SSSR count). The van der Waals surface area contributed by atoms with E-state index in [0.29, 0.717) is 18.3 Å². The molecule has 1 heterocycles. The number of aromatic nitrogens is 1. The van der Waals surface area contributed by atoms with E-state index < -0.39 is 0 Å². The van der Waals surface area contributed by atoms with Gasteiger partial charge in [0.2, 0.25) is 0 Å². The van der Waals surface area contributed by atoms with E-state index in [1.165, 1.54) is 11.3 Å². The van der Waals surface area contributed by atoms with E-state index in [0.717, 1.165) is 18.0 Å². The number of nitrogens with two attached hydrogens (primary N) is 1. The third-order valence-corrected chi connectivity index (χ3v) is 2.66. The van der Waals surface area contributed by atoms with Gasteiger partial charge in [0.25, 0.3) is 0 Å². The van der Waals surface area contributed by atoms with Gasteiger partial charge in [0.1, 0.15) is 0 Å². The molecule has 3 N–H and O–H groups in total. The van der Waals surface area contributed by atoms with Crippen LogP contribution in [0.15, 0.2) is 6.20 Å². The molecule has 0 fully saturated rings. The monoisotopic (exact) mass is 267 g/mol. The highest BCUT2D eigenvalue weighted by Gasteiger charge is 2.03. The van der Waals surface area contributed by atoms with E-state index in [4.69, 9.17) is 15.6 Å². The van der Waals surface area contributed by atoms with Crippen molar-refractivity contribution in [3.8, 4) is 0 Å². The largest absolute Gasteiger partial charge is 0.394 e. The number of hydrogen-bond donors (Lipinski definition) is 2. The van der Waals surface area contributed by atoms with E-state index in [1.807, 2.05) is 7.05 Å². The topological polar surface area (TPSA) is 71.6 Å². The van der Waals surface area contributed by atoms with Crippen LogP contribution in [0.1, 0.15) is 4.88 Å². The summed E-state index contributed by atoms with van der Waals surface area (Å²) in [6.07, 6.45) is 1.80. The van der Waals surface area contributed by atoms with Crippen LogP contribution in [0.4, 0.5) is 5.13 Å². The van der Waals surface area contributed by atoms with Gasteiger partial charge in [-0.15, -0.1) is 23.7 Å². The first kappa shape index (κ1) is 15.6. The van der Waals surface area contributed by atoms with Crippen molar-refractivity contribution in [2.24, 2.45) is 0 Å². The number of hydrogen-bond acceptors (Lipinski definition) is 6. The SMILES string of the molecule is CN(CCOCCO)Cc1cnc(N)s1.Cl. The van der Waals surface area contributed by atoms with Crippen LogP contribution in [0.2, 0.25) is 0 Å². The molecule has 0 saturated carbocycles. The lowest BCUT2D eigenvalue weighted by atomic mass is 10.5. The Kier molecular flexibility index (Phi) is 8.50. The second-order valence-electron chi connectivity index (χ2n) is 3.24. The van der Waals surface area contributed by atoms with Crippen LogP contribution >= 0.6 is 23.7 Å². The van der Waals surface area contributed by atoms with Crippen LogP contribution < -0.4 is 5.73 Å². The number of anilines is 1. The highest BCUT2D eigenvalue weighted by atomic mass is 35.5. The van der Waals surface area contributed by atoms with Gasteiger partial charge in [-0.25, -0.2) is 4.98 Å². The summed E-state index contributed by atoms with van der Waals surface area (Å²) in [6, 6.07) is 0. The summed E-state index contributed by atoms with van der Waals surface area (Å²) in [5.74, 6) is 0. The van der Waals surface area contributed by atoms with Gasteiger partial charge in [-0.3, -0.25) is 4.90 Å². The first-order valence-electron chi connectivity index (χ1n) is 4.79. The molecule has 0 radical (unpaired) electrons. The van der Waals surface area contributed by atoms with Crippen molar-refractivity contribution in [2.45, 2.75) is 6.54 Å². The maximum absolute atomic E-state index is 8.51. The zero-order chi connectivity index (χ0) is 11.1. The molecular weight excluding hydrogens is 250 g/mol. The molecule has 0 saturated heterocycles. The first-order valence-corrected chi connectivity index (χ1v) is 5.61. The molecule has 0 aromatic carbocycles. The highest BCUT2D eigenvalue weighted by molar-refractivity contribution is 7.15. The summed E-state index contributed by atoms with van der Waals surface area (Å²) in [7, 11) is 2.01. The predicted octanol–water partition coefficient (Wildman–Crippen LogP) is 0.588. The van der Waals surface area contributed by atoms with Crippen molar-refractivity contribution < 1.29 is 9.84 Å². The second kappa shape index (κ2) is 8.72. The molecule has 5 nitrogen and oxygen atoms in total. The quantitative estimate of drug-likeness (QED) is 0.708. The molecule has 16 heavy (non-hydrogen) atoms. The number of nitrogen functional groups attached to an aromatic ring is 1. The first-order chi connectivity index (χ1) is 7.22.